The van der Waals surface area contributed by atoms with Gasteiger partial charge in [0.2, 0.25) is 0 Å². The molecule has 1 aliphatic rings. The highest BCUT2D eigenvalue weighted by Gasteiger charge is 2.30. The van der Waals surface area contributed by atoms with Gasteiger partial charge in [0.15, 0.2) is 5.78 Å². The molecule has 0 aliphatic heterocycles. The predicted molar refractivity (Wildman–Crippen MR) is 67.9 cm³/mol. The topological polar surface area (TPSA) is 34.9 Å². The summed E-state index contributed by atoms with van der Waals surface area (Å²) in [5.41, 5.74) is 1.70. The monoisotopic (exact) mass is 234 g/mol. The van der Waals surface area contributed by atoms with Crippen LogP contribution in [0.15, 0.2) is 6.07 Å². The molecular formula is C14H22N2O. The number of carbonyl (C=O) groups is 1. The van der Waals surface area contributed by atoms with Crippen LogP contribution in [-0.4, -0.2) is 15.6 Å². The molecule has 94 valence electrons. The summed E-state index contributed by atoms with van der Waals surface area (Å²) in [6, 6.07) is 1.91. The van der Waals surface area contributed by atoms with E-state index in [1.807, 2.05) is 20.0 Å². The van der Waals surface area contributed by atoms with Gasteiger partial charge in [-0.2, -0.15) is 5.10 Å². The molecule has 1 aliphatic carbocycles. The summed E-state index contributed by atoms with van der Waals surface area (Å²) in [7, 11) is 1.86. The molecule has 0 amide bonds. The minimum absolute atomic E-state index is 0.205. The Bertz CT molecular complexity index is 422. The second-order valence-corrected chi connectivity index (χ2v) is 5.62. The van der Waals surface area contributed by atoms with Gasteiger partial charge in [0.1, 0.15) is 5.69 Å². The Morgan fingerprint density at radius 3 is 2.59 bits per heavy atom. The molecular weight excluding hydrogens is 212 g/mol. The van der Waals surface area contributed by atoms with Crippen LogP contribution in [0.2, 0.25) is 0 Å². The van der Waals surface area contributed by atoms with Gasteiger partial charge in [-0.3, -0.25) is 9.48 Å². The number of aryl methyl sites for hydroxylation is 2. The second-order valence-electron chi connectivity index (χ2n) is 5.62. The Labute approximate surface area is 103 Å². The molecule has 0 spiro atoms. The second kappa shape index (κ2) is 4.63. The number of carbonyl (C=O) groups excluding carboxylic acids is 1. The third-order valence-electron chi connectivity index (χ3n) is 4.22. The Kier molecular flexibility index (Phi) is 3.36. The molecule has 0 aromatic carbocycles. The van der Waals surface area contributed by atoms with Crippen molar-refractivity contribution in [1.29, 1.82) is 0 Å². The molecule has 0 radical (unpaired) electrons. The summed E-state index contributed by atoms with van der Waals surface area (Å²) in [5, 5.41) is 4.26. The number of hydrogen-bond acceptors (Lipinski definition) is 2. The highest BCUT2D eigenvalue weighted by atomic mass is 16.1. The molecule has 1 aromatic rings. The van der Waals surface area contributed by atoms with E-state index in [1.165, 1.54) is 6.42 Å². The molecule has 0 saturated heterocycles. The number of Topliss-reactive ketones (excluding diaryl/α,β-unsaturated/α-hetero) is 1. The molecule has 1 saturated carbocycles. The van der Waals surface area contributed by atoms with Crippen molar-refractivity contribution in [2.75, 3.05) is 0 Å². The number of hydrogen-bond donors (Lipinski definition) is 0. The van der Waals surface area contributed by atoms with Crippen molar-refractivity contribution < 1.29 is 4.79 Å². The van der Waals surface area contributed by atoms with Crippen LogP contribution in [0.1, 0.15) is 49.3 Å². The zero-order valence-electron chi connectivity index (χ0n) is 11.2. The van der Waals surface area contributed by atoms with Crippen molar-refractivity contribution in [1.82, 2.24) is 9.78 Å². The number of nitrogens with zero attached hydrogens (tertiary/aromatic N) is 2. The normalized spacial score (nSPS) is 29.3. The van der Waals surface area contributed by atoms with Gasteiger partial charge in [0.25, 0.3) is 0 Å². The molecule has 3 unspecified atom stereocenters. The summed E-state index contributed by atoms with van der Waals surface area (Å²) in [4.78, 5) is 12.4. The van der Waals surface area contributed by atoms with Gasteiger partial charge in [0, 0.05) is 13.0 Å². The average molecular weight is 234 g/mol. The molecule has 3 nitrogen and oxygen atoms in total. The molecule has 2 rings (SSSR count). The van der Waals surface area contributed by atoms with Gasteiger partial charge in [-0.05, 0) is 44.1 Å². The summed E-state index contributed by atoms with van der Waals surface area (Å²) < 4.78 is 1.72. The van der Waals surface area contributed by atoms with Gasteiger partial charge in [-0.25, -0.2) is 0 Å². The summed E-state index contributed by atoms with van der Waals surface area (Å²) in [5.74, 6) is 1.90. The maximum atomic E-state index is 12.4. The van der Waals surface area contributed by atoms with E-state index < -0.39 is 0 Å². The smallest absolute Gasteiger partial charge is 0.183 e. The van der Waals surface area contributed by atoms with Crippen molar-refractivity contribution in [3.8, 4) is 0 Å². The Morgan fingerprint density at radius 2 is 2.06 bits per heavy atom. The largest absolute Gasteiger partial charge is 0.292 e. The van der Waals surface area contributed by atoms with E-state index in [4.69, 9.17) is 0 Å². The van der Waals surface area contributed by atoms with Crippen molar-refractivity contribution in [3.63, 3.8) is 0 Å². The first kappa shape index (κ1) is 12.3. The summed E-state index contributed by atoms with van der Waals surface area (Å²) in [6.07, 6.45) is 3.24. The fourth-order valence-electron chi connectivity index (χ4n) is 2.84. The van der Waals surface area contributed by atoms with Crippen LogP contribution in [0.4, 0.5) is 0 Å². The predicted octanol–water partition coefficient (Wildman–Crippen LogP) is 2.98. The maximum absolute atomic E-state index is 12.4. The van der Waals surface area contributed by atoms with E-state index in [1.54, 1.807) is 4.68 Å². The van der Waals surface area contributed by atoms with E-state index in [0.717, 1.165) is 30.1 Å². The zero-order valence-corrected chi connectivity index (χ0v) is 11.2. The highest BCUT2D eigenvalue weighted by molar-refractivity contribution is 5.96. The molecule has 1 fully saturated rings. The fraction of sp³-hybridized carbons (Fsp3) is 0.714. The first-order chi connectivity index (χ1) is 7.99. The third-order valence-corrected chi connectivity index (χ3v) is 4.22. The minimum Gasteiger partial charge on any atom is -0.292 e. The van der Waals surface area contributed by atoms with E-state index in [0.29, 0.717) is 5.92 Å². The van der Waals surface area contributed by atoms with Crippen LogP contribution >= 0.6 is 0 Å². The number of rotatable bonds is 2. The first-order valence-electron chi connectivity index (χ1n) is 6.54. The average Bonchev–Trinajstić information content (AvgIpc) is 2.61. The number of ketones is 1. The Balaban J connectivity index is 2.13. The Morgan fingerprint density at radius 1 is 1.35 bits per heavy atom. The lowest BCUT2D eigenvalue weighted by Gasteiger charge is -2.31. The quantitative estimate of drug-likeness (QED) is 0.737. The van der Waals surface area contributed by atoms with Crippen molar-refractivity contribution in [2.45, 2.75) is 40.0 Å². The van der Waals surface area contributed by atoms with E-state index in [2.05, 4.69) is 18.9 Å². The van der Waals surface area contributed by atoms with E-state index in [-0.39, 0.29) is 11.7 Å². The van der Waals surface area contributed by atoms with Crippen molar-refractivity contribution >= 4 is 5.78 Å². The van der Waals surface area contributed by atoms with Gasteiger partial charge in [-0.1, -0.05) is 13.8 Å². The van der Waals surface area contributed by atoms with Crippen molar-refractivity contribution in [2.24, 2.45) is 24.8 Å². The fourth-order valence-corrected chi connectivity index (χ4v) is 2.84. The van der Waals surface area contributed by atoms with Gasteiger partial charge in [-0.15, -0.1) is 0 Å². The zero-order chi connectivity index (χ0) is 12.6. The van der Waals surface area contributed by atoms with Crippen LogP contribution < -0.4 is 0 Å². The summed E-state index contributed by atoms with van der Waals surface area (Å²) >= 11 is 0. The van der Waals surface area contributed by atoms with Gasteiger partial charge >= 0.3 is 0 Å². The maximum Gasteiger partial charge on any atom is 0.183 e. The van der Waals surface area contributed by atoms with Crippen LogP contribution in [0.5, 0.6) is 0 Å². The van der Waals surface area contributed by atoms with Crippen LogP contribution in [0, 0.1) is 24.7 Å². The Hall–Kier alpha value is -1.12. The number of aromatic nitrogens is 2. The van der Waals surface area contributed by atoms with Crippen LogP contribution in [0.3, 0.4) is 0 Å². The minimum atomic E-state index is 0.205. The molecule has 0 bridgehead atoms. The lowest BCUT2D eigenvalue weighted by Crippen LogP contribution is -2.27. The van der Waals surface area contributed by atoms with Gasteiger partial charge in [0.05, 0.1) is 5.69 Å². The van der Waals surface area contributed by atoms with Crippen LogP contribution in [-0.2, 0) is 7.05 Å². The molecule has 3 heteroatoms. The summed E-state index contributed by atoms with van der Waals surface area (Å²) in [6.45, 7) is 6.49. The van der Waals surface area contributed by atoms with E-state index in [9.17, 15) is 4.79 Å². The lowest BCUT2D eigenvalue weighted by molar-refractivity contribution is 0.0827. The molecule has 0 N–H and O–H groups in total. The third kappa shape index (κ3) is 2.43. The lowest BCUT2D eigenvalue weighted by atomic mass is 9.74. The van der Waals surface area contributed by atoms with E-state index >= 15 is 0 Å². The first-order valence-corrected chi connectivity index (χ1v) is 6.54. The highest BCUT2D eigenvalue weighted by Crippen LogP contribution is 2.34. The molecule has 3 atom stereocenters. The molecule has 1 heterocycles. The molecule has 1 aromatic heterocycles. The standard InChI is InChI=1S/C14H22N2O/c1-9-5-6-12(7-10(9)2)14(17)13-8-11(3)15-16(13)4/h8-10,12H,5-7H2,1-4H3. The van der Waals surface area contributed by atoms with Gasteiger partial charge < -0.3 is 0 Å². The SMILES string of the molecule is Cc1cc(C(=O)C2CCC(C)C(C)C2)n(C)n1. The van der Waals surface area contributed by atoms with Crippen LogP contribution in [0.25, 0.3) is 0 Å². The van der Waals surface area contributed by atoms with Crippen molar-refractivity contribution in [3.05, 3.63) is 17.5 Å². The molecule has 17 heavy (non-hydrogen) atoms.